The number of rotatable bonds is 7. The molecule has 2 aromatic carbocycles. The molecule has 0 atom stereocenters. The van der Waals surface area contributed by atoms with Crippen molar-refractivity contribution in [3.8, 4) is 11.5 Å². The zero-order valence-electron chi connectivity index (χ0n) is 15.0. The topological polar surface area (TPSA) is 94.1 Å². The second-order valence-electron chi connectivity index (χ2n) is 5.70. The number of ketones is 1. The molecule has 0 unspecified atom stereocenters. The van der Waals surface area contributed by atoms with Crippen LogP contribution in [0.25, 0.3) is 6.08 Å². The second kappa shape index (κ2) is 8.42. The number of hydrogen-bond acceptors (Lipinski definition) is 6. The highest BCUT2D eigenvalue weighted by atomic mass is 19.3. The van der Waals surface area contributed by atoms with Crippen molar-refractivity contribution in [2.24, 2.45) is 0 Å². The summed E-state index contributed by atoms with van der Waals surface area (Å²) in [7, 11) is 1.27. The number of nitrogens with one attached hydrogen (secondary N) is 1. The van der Waals surface area contributed by atoms with Gasteiger partial charge < -0.3 is 24.6 Å². The molecule has 1 aliphatic rings. The number of aliphatic carboxylic acids is 1. The van der Waals surface area contributed by atoms with E-state index >= 15 is 0 Å². The summed E-state index contributed by atoms with van der Waals surface area (Å²) in [4.78, 5) is 24.1. The van der Waals surface area contributed by atoms with Crippen molar-refractivity contribution < 1.29 is 37.7 Å². The first kappa shape index (κ1) is 19.9. The summed E-state index contributed by atoms with van der Waals surface area (Å²) in [5.41, 5.74) is -0.0589. The van der Waals surface area contributed by atoms with Crippen LogP contribution in [0.15, 0.2) is 65.7 Å². The minimum absolute atomic E-state index is 0.0131. The molecule has 0 saturated carbocycles. The number of carboxylic acids is 1. The number of para-hydroxylation sites is 2. The van der Waals surface area contributed by atoms with Crippen LogP contribution in [0.3, 0.4) is 0 Å². The van der Waals surface area contributed by atoms with Crippen LogP contribution < -0.4 is 14.8 Å². The highest BCUT2D eigenvalue weighted by molar-refractivity contribution is 6.26. The SMILES string of the molecule is COc1cccc(/C=C2\OC(Nc3ccccc3)=C(C(=O)O)C2=O)c1OC(F)F. The number of Topliss-reactive ketones (excluding diaryl/α,β-unsaturated/α-hetero) is 1. The Kier molecular flexibility index (Phi) is 5.77. The number of hydrogen-bond donors (Lipinski definition) is 2. The minimum atomic E-state index is -3.13. The standard InChI is InChI=1S/C20H15F2NO6/c1-27-13-9-5-6-11(17(13)29-20(21)22)10-14-16(24)15(19(25)26)18(28-14)23-12-7-3-2-4-8-12/h2-10,20,23H,1H3,(H,25,26)/b14-10-. The Bertz CT molecular complexity index is 1000. The van der Waals surface area contributed by atoms with Crippen LogP contribution in [-0.4, -0.2) is 30.6 Å². The van der Waals surface area contributed by atoms with Gasteiger partial charge in [0.25, 0.3) is 0 Å². The van der Waals surface area contributed by atoms with Gasteiger partial charge in [0, 0.05) is 11.3 Å². The van der Waals surface area contributed by atoms with Gasteiger partial charge in [0.2, 0.25) is 11.7 Å². The van der Waals surface area contributed by atoms with E-state index in [1.54, 1.807) is 30.3 Å². The predicted octanol–water partition coefficient (Wildman–Crippen LogP) is 3.65. The van der Waals surface area contributed by atoms with E-state index in [-0.39, 0.29) is 28.7 Å². The molecule has 29 heavy (non-hydrogen) atoms. The first-order valence-corrected chi connectivity index (χ1v) is 8.26. The van der Waals surface area contributed by atoms with Gasteiger partial charge in [0.1, 0.15) is 0 Å². The summed E-state index contributed by atoms with van der Waals surface area (Å²) >= 11 is 0. The lowest BCUT2D eigenvalue weighted by Gasteiger charge is -2.13. The van der Waals surface area contributed by atoms with Gasteiger partial charge in [0.15, 0.2) is 22.8 Å². The largest absolute Gasteiger partial charge is 0.493 e. The molecular formula is C20H15F2NO6. The van der Waals surface area contributed by atoms with Crippen molar-refractivity contribution >= 4 is 23.5 Å². The average Bonchev–Trinajstić information content (AvgIpc) is 2.98. The van der Waals surface area contributed by atoms with Gasteiger partial charge in [-0.05, 0) is 24.3 Å². The van der Waals surface area contributed by atoms with E-state index < -0.39 is 23.9 Å². The van der Waals surface area contributed by atoms with Gasteiger partial charge in [-0.1, -0.05) is 30.3 Å². The monoisotopic (exact) mass is 403 g/mol. The molecule has 1 aliphatic heterocycles. The normalized spacial score (nSPS) is 14.9. The van der Waals surface area contributed by atoms with E-state index in [1.165, 1.54) is 25.3 Å². The van der Waals surface area contributed by atoms with Gasteiger partial charge in [-0.3, -0.25) is 4.79 Å². The first-order valence-electron chi connectivity index (χ1n) is 8.26. The molecule has 2 aromatic rings. The van der Waals surface area contributed by atoms with Crippen LogP contribution >= 0.6 is 0 Å². The average molecular weight is 403 g/mol. The number of anilines is 1. The van der Waals surface area contributed by atoms with E-state index in [0.29, 0.717) is 5.69 Å². The Hall–Kier alpha value is -3.88. The fourth-order valence-electron chi connectivity index (χ4n) is 2.63. The van der Waals surface area contributed by atoms with E-state index in [0.717, 1.165) is 6.08 Å². The maximum atomic E-state index is 12.8. The number of allylic oxidation sites excluding steroid dienone is 1. The highest BCUT2D eigenvalue weighted by Crippen LogP contribution is 2.36. The quantitative estimate of drug-likeness (QED) is 0.538. The van der Waals surface area contributed by atoms with Crippen molar-refractivity contribution in [1.29, 1.82) is 0 Å². The Morgan fingerprint density at radius 1 is 1.17 bits per heavy atom. The molecule has 9 heteroatoms. The molecule has 3 rings (SSSR count). The van der Waals surface area contributed by atoms with Crippen LogP contribution in [-0.2, 0) is 14.3 Å². The van der Waals surface area contributed by atoms with Gasteiger partial charge in [-0.25, -0.2) is 4.79 Å². The molecule has 7 nitrogen and oxygen atoms in total. The van der Waals surface area contributed by atoms with Crippen LogP contribution in [0.1, 0.15) is 5.56 Å². The van der Waals surface area contributed by atoms with Crippen molar-refractivity contribution in [3.05, 3.63) is 71.3 Å². The van der Waals surface area contributed by atoms with Crippen LogP contribution in [0.4, 0.5) is 14.5 Å². The number of carbonyl (C=O) groups is 2. The number of methoxy groups -OCH3 is 1. The van der Waals surface area contributed by atoms with Crippen molar-refractivity contribution in [2.45, 2.75) is 6.61 Å². The van der Waals surface area contributed by atoms with E-state index in [9.17, 15) is 23.5 Å². The van der Waals surface area contributed by atoms with Gasteiger partial charge in [-0.15, -0.1) is 0 Å². The summed E-state index contributed by atoms with van der Waals surface area (Å²) in [6, 6.07) is 12.8. The van der Waals surface area contributed by atoms with Crippen LogP contribution in [0.2, 0.25) is 0 Å². The summed E-state index contributed by atoms with van der Waals surface area (Å²) in [6.45, 7) is -3.13. The number of carbonyl (C=O) groups excluding carboxylic acids is 1. The summed E-state index contributed by atoms with van der Waals surface area (Å²) in [5, 5.41) is 12.1. The van der Waals surface area contributed by atoms with Crippen molar-refractivity contribution in [2.75, 3.05) is 12.4 Å². The number of halogens is 2. The van der Waals surface area contributed by atoms with Gasteiger partial charge >= 0.3 is 12.6 Å². The molecule has 150 valence electrons. The third kappa shape index (κ3) is 4.34. The maximum Gasteiger partial charge on any atom is 0.387 e. The highest BCUT2D eigenvalue weighted by Gasteiger charge is 2.36. The third-order valence-corrected chi connectivity index (χ3v) is 3.86. The molecular weight excluding hydrogens is 388 g/mol. The Morgan fingerprint density at radius 3 is 2.52 bits per heavy atom. The van der Waals surface area contributed by atoms with Crippen molar-refractivity contribution in [3.63, 3.8) is 0 Å². The number of carboxylic acid groups (broad SMARTS) is 1. The second-order valence-corrected chi connectivity index (χ2v) is 5.70. The molecule has 0 spiro atoms. The fourth-order valence-corrected chi connectivity index (χ4v) is 2.63. The molecule has 0 aliphatic carbocycles. The number of alkyl halides is 2. The molecule has 0 fully saturated rings. The summed E-state index contributed by atoms with van der Waals surface area (Å²) in [6.07, 6.45) is 1.12. The summed E-state index contributed by atoms with van der Waals surface area (Å²) in [5.74, 6) is -3.35. The van der Waals surface area contributed by atoms with Crippen molar-refractivity contribution in [1.82, 2.24) is 0 Å². The Morgan fingerprint density at radius 2 is 1.90 bits per heavy atom. The number of benzene rings is 2. The maximum absolute atomic E-state index is 12.8. The third-order valence-electron chi connectivity index (χ3n) is 3.86. The fraction of sp³-hybridized carbons (Fsp3) is 0.100. The number of ether oxygens (including phenoxy) is 3. The van der Waals surface area contributed by atoms with E-state index in [2.05, 4.69) is 10.1 Å². The van der Waals surface area contributed by atoms with Gasteiger partial charge in [-0.2, -0.15) is 8.78 Å². The van der Waals surface area contributed by atoms with E-state index in [1.807, 2.05) is 0 Å². The van der Waals surface area contributed by atoms with Crippen LogP contribution in [0, 0.1) is 0 Å². The lowest BCUT2D eigenvalue weighted by molar-refractivity contribution is -0.134. The Balaban J connectivity index is 1.98. The van der Waals surface area contributed by atoms with E-state index in [4.69, 9.17) is 9.47 Å². The molecule has 0 radical (unpaired) electrons. The minimum Gasteiger partial charge on any atom is -0.493 e. The lowest BCUT2D eigenvalue weighted by Crippen LogP contribution is -2.12. The molecule has 0 amide bonds. The zero-order chi connectivity index (χ0) is 21.0. The van der Waals surface area contributed by atoms with Crippen LogP contribution in [0.5, 0.6) is 11.5 Å². The predicted molar refractivity (Wildman–Crippen MR) is 98.4 cm³/mol. The smallest absolute Gasteiger partial charge is 0.387 e. The zero-order valence-corrected chi connectivity index (χ0v) is 15.0. The summed E-state index contributed by atoms with van der Waals surface area (Å²) < 4.78 is 40.5. The first-order chi connectivity index (χ1) is 13.9. The molecule has 0 bridgehead atoms. The lowest BCUT2D eigenvalue weighted by atomic mass is 10.1. The van der Waals surface area contributed by atoms with Gasteiger partial charge in [0.05, 0.1) is 7.11 Å². The molecule has 1 heterocycles. The Labute approximate surface area is 163 Å². The molecule has 0 aromatic heterocycles. The molecule has 2 N–H and O–H groups in total. The molecule has 0 saturated heterocycles.